The molecule has 220 valence electrons. The van der Waals surface area contributed by atoms with Gasteiger partial charge in [0.25, 0.3) is 0 Å². The van der Waals surface area contributed by atoms with Crippen molar-refractivity contribution in [1.82, 2.24) is 4.90 Å². The van der Waals surface area contributed by atoms with Gasteiger partial charge in [-0.2, -0.15) is 22.0 Å². The van der Waals surface area contributed by atoms with Crippen molar-refractivity contribution in [3.8, 4) is 16.9 Å². The van der Waals surface area contributed by atoms with Gasteiger partial charge in [0.1, 0.15) is 12.4 Å². The Balaban J connectivity index is 1.11. The molecule has 3 aromatic rings. The van der Waals surface area contributed by atoms with E-state index in [1.165, 1.54) is 0 Å². The van der Waals surface area contributed by atoms with Crippen LogP contribution in [0.3, 0.4) is 0 Å². The average molecular weight is 588 g/mol. The van der Waals surface area contributed by atoms with E-state index in [-0.39, 0.29) is 37.1 Å². The van der Waals surface area contributed by atoms with Gasteiger partial charge in [-0.1, -0.05) is 48.5 Å². The number of carbonyl (C=O) groups is 2. The van der Waals surface area contributed by atoms with Crippen LogP contribution < -0.4 is 4.74 Å². The summed E-state index contributed by atoms with van der Waals surface area (Å²) in [5.74, 6) is -1.61. The van der Waals surface area contributed by atoms with Crippen molar-refractivity contribution >= 4 is 11.9 Å². The van der Waals surface area contributed by atoms with Crippen LogP contribution in [0, 0.1) is 5.92 Å². The van der Waals surface area contributed by atoms with Crippen LogP contribution in [0.5, 0.6) is 5.75 Å². The second-order valence-electron chi connectivity index (χ2n) is 10.7. The summed E-state index contributed by atoms with van der Waals surface area (Å²) < 4.78 is 79.1. The smallest absolute Gasteiger partial charge is 0.448 e. The summed E-state index contributed by atoms with van der Waals surface area (Å²) in [5.41, 5.74) is 4.58. The zero-order valence-corrected chi connectivity index (χ0v) is 22.2. The van der Waals surface area contributed by atoms with Crippen LogP contribution in [0.1, 0.15) is 40.2 Å². The summed E-state index contributed by atoms with van der Waals surface area (Å²) >= 11 is 0. The topological polar surface area (TPSA) is 65.1 Å². The largest absolute Gasteiger partial charge is 0.499 e. The lowest BCUT2D eigenvalue weighted by atomic mass is 9.81. The highest BCUT2D eigenvalue weighted by Crippen LogP contribution is 2.45. The Morgan fingerprint density at radius 2 is 1.36 bits per heavy atom. The van der Waals surface area contributed by atoms with Crippen LogP contribution in [0.2, 0.25) is 0 Å². The van der Waals surface area contributed by atoms with Crippen molar-refractivity contribution in [3.05, 3.63) is 89.5 Å². The molecule has 6 nitrogen and oxygen atoms in total. The molecule has 2 atom stereocenters. The standard InChI is InChI=1S/C31H26F5NO5/c32-30(33,34)31(35,36)42-22-11-9-18(10-12-22)28(38)19-13-20-15-40-16-21(14-19)37(20)29(39)41-17-27-25-7-3-1-5-23(25)24-6-2-4-8-26(24)27/h1-12,19-21,27H,13-17H2. The molecule has 6 rings (SSSR count). The van der Waals surface area contributed by atoms with Crippen molar-refractivity contribution in [1.29, 1.82) is 0 Å². The number of morpholine rings is 1. The highest BCUT2D eigenvalue weighted by molar-refractivity contribution is 5.98. The Kier molecular flexibility index (Phi) is 7.16. The number of hydrogen-bond donors (Lipinski definition) is 0. The van der Waals surface area contributed by atoms with E-state index in [4.69, 9.17) is 9.47 Å². The van der Waals surface area contributed by atoms with E-state index < -0.39 is 42.1 Å². The molecule has 2 heterocycles. The molecule has 0 radical (unpaired) electrons. The van der Waals surface area contributed by atoms with Gasteiger partial charge in [0, 0.05) is 17.4 Å². The number of halogens is 5. The molecule has 0 saturated carbocycles. The van der Waals surface area contributed by atoms with Crippen LogP contribution >= 0.6 is 0 Å². The Bertz CT molecular complexity index is 1430. The summed E-state index contributed by atoms with van der Waals surface area (Å²) in [7, 11) is 0. The van der Waals surface area contributed by atoms with E-state index in [0.29, 0.717) is 12.8 Å². The van der Waals surface area contributed by atoms with Crippen molar-refractivity contribution in [2.45, 2.75) is 43.1 Å². The molecule has 2 aliphatic heterocycles. The number of fused-ring (bicyclic) bond motifs is 5. The number of nitrogens with zero attached hydrogens (tertiary/aromatic N) is 1. The zero-order chi connectivity index (χ0) is 29.6. The first-order chi connectivity index (χ1) is 20.0. The monoisotopic (exact) mass is 587 g/mol. The first kappa shape index (κ1) is 28.1. The van der Waals surface area contributed by atoms with E-state index in [9.17, 15) is 31.5 Å². The molecule has 2 unspecified atom stereocenters. The Labute approximate surface area is 238 Å². The van der Waals surface area contributed by atoms with Crippen LogP contribution in [-0.4, -0.2) is 61.0 Å². The molecule has 1 amide bonds. The molecule has 0 N–H and O–H groups in total. The number of amides is 1. The van der Waals surface area contributed by atoms with E-state index in [2.05, 4.69) is 16.9 Å². The summed E-state index contributed by atoms with van der Waals surface area (Å²) in [5, 5.41) is 0. The van der Waals surface area contributed by atoms with Crippen molar-refractivity contribution in [3.63, 3.8) is 0 Å². The number of Topliss-reactive ketones (excluding diaryl/α,β-unsaturated/α-hetero) is 1. The maximum Gasteiger partial charge on any atom is 0.499 e. The summed E-state index contributed by atoms with van der Waals surface area (Å²) in [6, 6.07) is 19.4. The number of alkyl halides is 5. The molecule has 42 heavy (non-hydrogen) atoms. The number of ketones is 1. The second-order valence-corrected chi connectivity index (χ2v) is 10.7. The fourth-order valence-corrected chi connectivity index (χ4v) is 6.22. The maximum atomic E-state index is 13.4. The van der Waals surface area contributed by atoms with Crippen LogP contribution in [-0.2, 0) is 9.47 Å². The molecule has 2 saturated heterocycles. The van der Waals surface area contributed by atoms with Gasteiger partial charge in [0.15, 0.2) is 5.78 Å². The molecule has 1 aliphatic carbocycles. The minimum absolute atomic E-state index is 0.0976. The van der Waals surface area contributed by atoms with Crippen LogP contribution in [0.25, 0.3) is 11.1 Å². The van der Waals surface area contributed by atoms with E-state index in [1.54, 1.807) is 4.90 Å². The van der Waals surface area contributed by atoms with Gasteiger partial charge in [0.05, 0.1) is 25.3 Å². The lowest BCUT2D eigenvalue weighted by Crippen LogP contribution is -2.60. The van der Waals surface area contributed by atoms with Gasteiger partial charge in [0.2, 0.25) is 0 Å². The minimum atomic E-state index is -5.87. The van der Waals surface area contributed by atoms with Crippen LogP contribution in [0.15, 0.2) is 72.8 Å². The molecule has 3 aromatic carbocycles. The Morgan fingerprint density at radius 1 is 0.810 bits per heavy atom. The van der Waals surface area contributed by atoms with E-state index in [1.807, 2.05) is 36.4 Å². The predicted octanol–water partition coefficient (Wildman–Crippen LogP) is 6.83. The van der Waals surface area contributed by atoms with Gasteiger partial charge in [-0.15, -0.1) is 0 Å². The first-order valence-corrected chi connectivity index (χ1v) is 13.5. The summed E-state index contributed by atoms with van der Waals surface area (Å²) in [4.78, 5) is 28.3. The lowest BCUT2D eigenvalue weighted by Gasteiger charge is -2.47. The predicted molar refractivity (Wildman–Crippen MR) is 140 cm³/mol. The van der Waals surface area contributed by atoms with Crippen molar-refractivity contribution in [2.24, 2.45) is 5.92 Å². The van der Waals surface area contributed by atoms with Gasteiger partial charge in [-0.05, 0) is 59.4 Å². The fourth-order valence-electron chi connectivity index (χ4n) is 6.22. The highest BCUT2D eigenvalue weighted by Gasteiger charge is 2.61. The third-order valence-electron chi connectivity index (χ3n) is 8.15. The van der Waals surface area contributed by atoms with E-state index >= 15 is 0 Å². The van der Waals surface area contributed by atoms with Crippen molar-refractivity contribution < 1.29 is 45.8 Å². The Morgan fingerprint density at radius 3 is 1.90 bits per heavy atom. The molecule has 0 spiro atoms. The molecule has 11 heteroatoms. The highest BCUT2D eigenvalue weighted by atomic mass is 19.4. The first-order valence-electron chi connectivity index (χ1n) is 13.5. The maximum absolute atomic E-state index is 13.4. The van der Waals surface area contributed by atoms with Crippen LogP contribution in [0.4, 0.5) is 26.7 Å². The number of carbonyl (C=O) groups excluding carboxylic acids is 2. The minimum Gasteiger partial charge on any atom is -0.448 e. The average Bonchev–Trinajstić information content (AvgIpc) is 3.28. The normalized spacial score (nSPS) is 21.8. The van der Waals surface area contributed by atoms with Crippen molar-refractivity contribution in [2.75, 3.05) is 19.8 Å². The molecule has 3 aliphatic rings. The van der Waals surface area contributed by atoms with Gasteiger partial charge >= 0.3 is 18.4 Å². The number of ether oxygens (including phenoxy) is 3. The quantitative estimate of drug-likeness (QED) is 0.234. The Hall–Kier alpha value is -3.99. The summed E-state index contributed by atoms with van der Waals surface area (Å²) in [6.07, 6.45) is -11.1. The molecule has 0 aromatic heterocycles. The number of hydrogen-bond acceptors (Lipinski definition) is 5. The third kappa shape index (κ3) is 5.10. The van der Waals surface area contributed by atoms with E-state index in [0.717, 1.165) is 46.5 Å². The molecule has 2 bridgehead atoms. The molecule has 2 fully saturated rings. The van der Waals surface area contributed by atoms with Gasteiger partial charge in [-0.25, -0.2) is 4.79 Å². The SMILES string of the molecule is O=C(c1ccc(OC(F)(F)C(F)(F)F)cc1)C1CC2COCC(C1)N2C(=O)OCC1c2ccccc2-c2ccccc21. The van der Waals surface area contributed by atoms with Gasteiger partial charge in [-0.3, -0.25) is 9.69 Å². The zero-order valence-electron chi connectivity index (χ0n) is 22.2. The number of rotatable bonds is 6. The van der Waals surface area contributed by atoms with Gasteiger partial charge < -0.3 is 14.2 Å². The number of benzene rings is 3. The second kappa shape index (κ2) is 10.7. The lowest BCUT2D eigenvalue weighted by molar-refractivity contribution is -0.360. The number of piperidine rings is 1. The summed E-state index contributed by atoms with van der Waals surface area (Å²) in [6.45, 7) is 0.612. The molecular weight excluding hydrogens is 561 g/mol. The third-order valence-corrected chi connectivity index (χ3v) is 8.15. The molecular formula is C31H26F5NO5. The fraction of sp³-hybridized carbons (Fsp3) is 0.355.